The van der Waals surface area contributed by atoms with Gasteiger partial charge in [-0.3, -0.25) is 9.59 Å². The predicted molar refractivity (Wildman–Crippen MR) is 185 cm³/mol. The lowest BCUT2D eigenvalue weighted by Crippen LogP contribution is -2.24. The number of nitrogens with two attached hydrogens (primary N) is 4. The Morgan fingerprint density at radius 2 is 1.10 bits per heavy atom. The zero-order chi connectivity index (χ0) is 39.3. The highest BCUT2D eigenvalue weighted by atomic mass is 32.2. The Hall–Kier alpha value is -5.36. The molecule has 0 aliphatic carbocycles. The predicted octanol–water partition coefficient (Wildman–Crippen LogP) is 6.46. The quantitative estimate of drug-likeness (QED) is 0.0968. The first kappa shape index (κ1) is 41.1. The van der Waals surface area contributed by atoms with Gasteiger partial charge in [-0.15, -0.1) is 0 Å². The third-order valence-electron chi connectivity index (χ3n) is 6.99. The Morgan fingerprint density at radius 3 is 1.56 bits per heavy atom. The summed E-state index contributed by atoms with van der Waals surface area (Å²) >= 11 is 0.987. The summed E-state index contributed by atoms with van der Waals surface area (Å²) in [5.74, 6) is -3.13. The number of hydrogen-bond acceptors (Lipinski definition) is 5. The Morgan fingerprint density at radius 1 is 0.635 bits per heavy atom. The van der Waals surface area contributed by atoms with Crippen molar-refractivity contribution < 1.29 is 44.3 Å². The molecule has 4 rings (SSSR count). The molecule has 0 aliphatic heterocycles. The lowest BCUT2D eigenvalue weighted by molar-refractivity contribution is -0.140. The maximum atomic E-state index is 13.6. The molecule has 10 nitrogen and oxygen atoms in total. The van der Waals surface area contributed by atoms with Crippen molar-refractivity contribution >= 4 is 45.3 Å². The number of guanidine groups is 2. The molecular weight excluding hydrogens is 735 g/mol. The minimum atomic E-state index is -5.02. The molecule has 276 valence electrons. The van der Waals surface area contributed by atoms with Crippen LogP contribution in [0.25, 0.3) is 0 Å². The highest BCUT2D eigenvalue weighted by Crippen LogP contribution is 2.42. The van der Waals surface area contributed by atoms with Crippen molar-refractivity contribution in [3.8, 4) is 0 Å². The van der Waals surface area contributed by atoms with Crippen LogP contribution < -0.4 is 22.9 Å². The van der Waals surface area contributed by atoms with E-state index in [1.807, 2.05) is 13.0 Å². The van der Waals surface area contributed by atoms with Crippen LogP contribution in [-0.2, 0) is 22.2 Å². The van der Waals surface area contributed by atoms with Gasteiger partial charge in [-0.2, -0.15) is 36.3 Å². The smallest absolute Gasteiger partial charge is 0.370 e. The van der Waals surface area contributed by atoms with Crippen LogP contribution in [-0.4, -0.2) is 32.2 Å². The molecule has 0 aromatic heterocycles. The number of amides is 2. The molecule has 2 amide bonds. The Balaban J connectivity index is 0.000000281. The monoisotopic (exact) mass is 766 g/mol. The highest BCUT2D eigenvalue weighted by Gasteiger charge is 2.39. The van der Waals surface area contributed by atoms with Crippen molar-refractivity contribution in [1.29, 1.82) is 0 Å². The molecule has 0 unspecified atom stereocenters. The third kappa shape index (κ3) is 10.3. The summed E-state index contributed by atoms with van der Waals surface area (Å²) in [6.07, 6.45) is -9.64. The fraction of sp³-hybridized carbons (Fsp3) is 0.176. The molecule has 0 bridgehead atoms. The van der Waals surface area contributed by atoms with Crippen LogP contribution >= 0.6 is 11.8 Å². The summed E-state index contributed by atoms with van der Waals surface area (Å²) in [5.41, 5.74) is 19.3. The normalized spacial score (nSPS) is 11.6. The molecule has 0 atom stereocenters. The van der Waals surface area contributed by atoms with Crippen LogP contribution in [0.2, 0.25) is 0 Å². The van der Waals surface area contributed by atoms with Crippen LogP contribution in [0.15, 0.2) is 102 Å². The van der Waals surface area contributed by atoms with Crippen molar-refractivity contribution in [3.63, 3.8) is 0 Å². The van der Waals surface area contributed by atoms with Crippen molar-refractivity contribution in [2.45, 2.75) is 59.6 Å². The largest absolute Gasteiger partial charge is 0.417 e. The Bertz CT molecular complexity index is 2190. The zero-order valence-corrected chi connectivity index (χ0v) is 29.5. The first-order valence-electron chi connectivity index (χ1n) is 14.7. The van der Waals surface area contributed by atoms with E-state index in [9.17, 15) is 44.3 Å². The van der Waals surface area contributed by atoms with Gasteiger partial charge in [0.05, 0.1) is 20.9 Å². The molecule has 0 heterocycles. The van der Waals surface area contributed by atoms with Crippen molar-refractivity contribution in [1.82, 2.24) is 0 Å². The number of rotatable bonds is 6. The number of aryl methyl sites for hydroxylation is 4. The van der Waals surface area contributed by atoms with E-state index in [4.69, 9.17) is 22.9 Å². The van der Waals surface area contributed by atoms with Crippen molar-refractivity contribution in [2.24, 2.45) is 32.9 Å². The first-order valence-corrected chi connectivity index (χ1v) is 17.0. The Labute approximate surface area is 298 Å². The number of carbonyl (C=O) groups is 2. The lowest BCUT2D eigenvalue weighted by Gasteiger charge is -2.16. The summed E-state index contributed by atoms with van der Waals surface area (Å²) in [6, 6.07) is 16.0. The fourth-order valence-electron chi connectivity index (χ4n) is 4.64. The summed E-state index contributed by atoms with van der Waals surface area (Å²) in [4.78, 5) is 29.9. The van der Waals surface area contributed by atoms with E-state index in [-0.39, 0.29) is 20.9 Å². The molecule has 0 radical (unpaired) electrons. The number of hydrogen-bond donors (Lipinski definition) is 4. The van der Waals surface area contributed by atoms with E-state index < -0.39 is 67.5 Å². The van der Waals surface area contributed by atoms with E-state index in [2.05, 4.69) is 9.98 Å². The van der Waals surface area contributed by atoms with Gasteiger partial charge in [0.15, 0.2) is 11.9 Å². The minimum Gasteiger partial charge on any atom is -0.370 e. The van der Waals surface area contributed by atoms with Crippen LogP contribution in [0, 0.1) is 27.7 Å². The maximum Gasteiger partial charge on any atom is 0.417 e. The van der Waals surface area contributed by atoms with E-state index in [0.717, 1.165) is 29.5 Å². The lowest BCUT2D eigenvalue weighted by atomic mass is 10.0. The summed E-state index contributed by atoms with van der Waals surface area (Å²) in [6.45, 7) is 6.31. The number of benzene rings is 4. The third-order valence-corrected chi connectivity index (χ3v) is 9.83. The molecule has 18 heteroatoms. The minimum absolute atomic E-state index is 0.00997. The number of nitrogens with zero attached hydrogens (tertiary/aromatic N) is 2. The molecule has 0 fully saturated rings. The SMILES string of the molecule is Cc1cccc(S(=O)(=O)c2cc(C)c(C(=O)N=C(N)N)cc2C(F)(F)F)c1.Cc1cccc(Sc2cc(C)c(C(=O)N=C(N)N)cc2C(F)(F)F)c1. The van der Waals surface area contributed by atoms with E-state index in [1.165, 1.54) is 38.1 Å². The molecule has 52 heavy (non-hydrogen) atoms. The highest BCUT2D eigenvalue weighted by molar-refractivity contribution is 7.99. The van der Waals surface area contributed by atoms with Crippen LogP contribution in [0.3, 0.4) is 0 Å². The molecule has 4 aromatic rings. The van der Waals surface area contributed by atoms with Gasteiger partial charge >= 0.3 is 12.4 Å². The van der Waals surface area contributed by atoms with Gasteiger partial charge in [-0.25, -0.2) is 8.42 Å². The zero-order valence-electron chi connectivity index (χ0n) is 27.8. The first-order chi connectivity index (χ1) is 23.9. The van der Waals surface area contributed by atoms with Gasteiger partial charge in [0.2, 0.25) is 9.84 Å². The second kappa shape index (κ2) is 15.9. The average molecular weight is 767 g/mol. The summed E-state index contributed by atoms with van der Waals surface area (Å²) < 4.78 is 107. The standard InChI is InChI=1S/C17H16F3N3O3S.C17H16F3N3OS/c1-9-4-3-5-11(6-9)27(25,26)14-7-10(2)12(15(24)23-16(21)22)8-13(14)17(18,19)20;1-9-4-3-5-11(6-9)25-14-7-10(2)12(15(24)23-16(21)22)8-13(14)17(18,19)20/h3-8H,1-2H3,(H4,21,22,23,24);3-8H,1-2H3,(H4,21,22,23,24). The molecular formula is C34H32F6N6O4S2. The fourth-order valence-corrected chi connectivity index (χ4v) is 7.46. The number of sulfone groups is 1. The molecule has 4 aromatic carbocycles. The number of halogens is 6. The van der Waals surface area contributed by atoms with Gasteiger partial charge in [0.1, 0.15) is 0 Å². The number of aliphatic imine (C=N–C) groups is 2. The van der Waals surface area contributed by atoms with E-state index in [1.54, 1.807) is 31.2 Å². The number of carbonyl (C=O) groups excluding carboxylic acids is 2. The molecule has 0 spiro atoms. The van der Waals surface area contributed by atoms with Crippen LogP contribution in [0.5, 0.6) is 0 Å². The maximum absolute atomic E-state index is 13.6. The molecule has 0 saturated carbocycles. The van der Waals surface area contributed by atoms with Gasteiger partial charge in [0.25, 0.3) is 11.8 Å². The van der Waals surface area contributed by atoms with E-state index in [0.29, 0.717) is 22.1 Å². The van der Waals surface area contributed by atoms with Gasteiger partial charge < -0.3 is 22.9 Å². The molecule has 8 N–H and O–H groups in total. The Kier molecular flexibility index (Phi) is 12.6. The van der Waals surface area contributed by atoms with Crippen molar-refractivity contribution in [2.75, 3.05) is 0 Å². The van der Waals surface area contributed by atoms with Crippen LogP contribution in [0.1, 0.15) is 54.1 Å². The number of alkyl halides is 6. The second-order valence-electron chi connectivity index (χ2n) is 11.2. The average Bonchev–Trinajstić information content (AvgIpc) is 2.99. The van der Waals surface area contributed by atoms with Crippen LogP contribution in [0.4, 0.5) is 26.3 Å². The molecule has 0 aliphatic rings. The van der Waals surface area contributed by atoms with E-state index >= 15 is 0 Å². The van der Waals surface area contributed by atoms with Crippen molar-refractivity contribution in [3.05, 3.63) is 117 Å². The summed E-state index contributed by atoms with van der Waals surface area (Å²) in [5, 5.41) is 0. The molecule has 0 saturated heterocycles. The topological polar surface area (TPSA) is 197 Å². The summed E-state index contributed by atoms with van der Waals surface area (Å²) in [7, 11) is -4.48. The van der Waals surface area contributed by atoms with Gasteiger partial charge in [0, 0.05) is 20.9 Å². The second-order valence-corrected chi connectivity index (χ2v) is 14.3. The van der Waals surface area contributed by atoms with Gasteiger partial charge in [-0.05, 0) is 92.9 Å². The van der Waals surface area contributed by atoms with Gasteiger partial charge in [-0.1, -0.05) is 41.6 Å².